The van der Waals surface area contributed by atoms with Gasteiger partial charge in [-0.3, -0.25) is 5.43 Å². The zero-order valence-corrected chi connectivity index (χ0v) is 13.6. The summed E-state index contributed by atoms with van der Waals surface area (Å²) in [7, 11) is 0. The second-order valence-corrected chi connectivity index (χ2v) is 5.54. The largest absolute Gasteiger partial charge is 0.331 e. The zero-order chi connectivity index (χ0) is 15.2. The minimum absolute atomic E-state index is 0.394. The molecule has 21 heavy (non-hydrogen) atoms. The maximum Gasteiger partial charge on any atom is 0.191 e. The summed E-state index contributed by atoms with van der Waals surface area (Å²) in [6.45, 7) is 1.92. The summed E-state index contributed by atoms with van der Waals surface area (Å²) in [6.07, 6.45) is 1.66. The van der Waals surface area contributed by atoms with Crippen molar-refractivity contribution < 1.29 is 0 Å². The normalized spacial score (nSPS) is 10.6. The Labute approximate surface area is 139 Å². The molecule has 108 valence electrons. The SMILES string of the molecule is Cc1c(Cl)cccc1NC(=S)N/N=C\c1ccc(Cl)cc1. The number of thiocarbonyl (C=S) groups is 1. The molecule has 0 unspecified atom stereocenters. The quantitative estimate of drug-likeness (QED) is 0.487. The molecule has 0 aromatic heterocycles. The molecule has 0 aliphatic rings. The van der Waals surface area contributed by atoms with Gasteiger partial charge in [0.25, 0.3) is 0 Å². The van der Waals surface area contributed by atoms with Crippen LogP contribution in [0.2, 0.25) is 10.0 Å². The molecule has 2 aromatic rings. The van der Waals surface area contributed by atoms with Crippen LogP contribution in [0.25, 0.3) is 0 Å². The lowest BCUT2D eigenvalue weighted by Crippen LogP contribution is -2.24. The predicted molar refractivity (Wildman–Crippen MR) is 94.6 cm³/mol. The average Bonchev–Trinajstić information content (AvgIpc) is 2.46. The van der Waals surface area contributed by atoms with E-state index in [-0.39, 0.29) is 0 Å². The first-order valence-corrected chi connectivity index (χ1v) is 7.33. The Hall–Kier alpha value is -1.62. The summed E-state index contributed by atoms with van der Waals surface area (Å²) in [5.41, 5.74) is 5.46. The molecule has 6 heteroatoms. The summed E-state index contributed by atoms with van der Waals surface area (Å²) in [5.74, 6) is 0. The van der Waals surface area contributed by atoms with Gasteiger partial charge in [-0.2, -0.15) is 5.10 Å². The van der Waals surface area contributed by atoms with E-state index in [4.69, 9.17) is 35.4 Å². The third-order valence-corrected chi connectivity index (χ3v) is 3.62. The van der Waals surface area contributed by atoms with Crippen molar-refractivity contribution in [2.75, 3.05) is 5.32 Å². The minimum atomic E-state index is 0.394. The standard InChI is InChI=1S/C15H13Cl2N3S/c1-10-13(17)3-2-4-14(10)19-15(21)20-18-9-11-5-7-12(16)8-6-11/h2-9H,1H3,(H2,19,20,21)/b18-9-. The number of nitrogens with zero attached hydrogens (tertiary/aromatic N) is 1. The monoisotopic (exact) mass is 337 g/mol. The molecular weight excluding hydrogens is 325 g/mol. The molecule has 0 bridgehead atoms. The van der Waals surface area contributed by atoms with Crippen molar-refractivity contribution in [2.45, 2.75) is 6.92 Å². The molecule has 0 saturated heterocycles. The Kier molecular flexibility index (Phi) is 5.56. The number of nitrogens with one attached hydrogen (secondary N) is 2. The summed E-state index contributed by atoms with van der Waals surface area (Å²) in [5, 5.41) is 8.88. The van der Waals surface area contributed by atoms with Gasteiger partial charge in [-0.05, 0) is 54.5 Å². The van der Waals surface area contributed by atoms with E-state index in [2.05, 4.69) is 15.8 Å². The number of benzene rings is 2. The molecule has 0 atom stereocenters. The van der Waals surface area contributed by atoms with E-state index in [1.54, 1.807) is 18.3 Å². The van der Waals surface area contributed by atoms with Crippen LogP contribution in [0.5, 0.6) is 0 Å². The van der Waals surface area contributed by atoms with Gasteiger partial charge in [0.2, 0.25) is 0 Å². The number of hydrogen-bond acceptors (Lipinski definition) is 2. The fourth-order valence-corrected chi connectivity index (χ4v) is 2.07. The molecule has 0 saturated carbocycles. The highest BCUT2D eigenvalue weighted by atomic mass is 35.5. The summed E-state index contributed by atoms with van der Waals surface area (Å²) in [4.78, 5) is 0. The van der Waals surface area contributed by atoms with Crippen LogP contribution in [0, 0.1) is 6.92 Å². The van der Waals surface area contributed by atoms with Crippen molar-refractivity contribution in [3.63, 3.8) is 0 Å². The van der Waals surface area contributed by atoms with Gasteiger partial charge < -0.3 is 5.32 Å². The predicted octanol–water partition coefficient (Wildman–Crippen LogP) is 4.62. The van der Waals surface area contributed by atoms with Crippen LogP contribution in [0.4, 0.5) is 5.69 Å². The Balaban J connectivity index is 1.93. The Bertz CT molecular complexity index is 669. The van der Waals surface area contributed by atoms with Crippen molar-refractivity contribution in [3.8, 4) is 0 Å². The van der Waals surface area contributed by atoms with Crippen molar-refractivity contribution in [2.24, 2.45) is 5.10 Å². The molecule has 0 fully saturated rings. The maximum absolute atomic E-state index is 6.05. The Morgan fingerprint density at radius 3 is 2.57 bits per heavy atom. The van der Waals surface area contributed by atoms with Gasteiger partial charge in [0, 0.05) is 15.7 Å². The van der Waals surface area contributed by atoms with Crippen molar-refractivity contribution in [1.82, 2.24) is 5.43 Å². The first-order valence-electron chi connectivity index (χ1n) is 6.17. The summed E-state index contributed by atoms with van der Waals surface area (Å²) < 4.78 is 0. The fourth-order valence-electron chi connectivity index (χ4n) is 1.61. The second-order valence-electron chi connectivity index (χ2n) is 4.29. The number of hydrazone groups is 1. The van der Waals surface area contributed by atoms with Crippen LogP contribution in [-0.2, 0) is 0 Å². The number of hydrogen-bond donors (Lipinski definition) is 2. The third kappa shape index (κ3) is 4.70. The summed E-state index contributed by atoms with van der Waals surface area (Å²) in [6, 6.07) is 12.9. The van der Waals surface area contributed by atoms with Crippen LogP contribution in [-0.4, -0.2) is 11.3 Å². The maximum atomic E-state index is 6.05. The third-order valence-electron chi connectivity index (χ3n) is 2.77. The molecule has 0 aliphatic carbocycles. The molecule has 0 spiro atoms. The van der Waals surface area contributed by atoms with E-state index in [0.29, 0.717) is 15.2 Å². The molecule has 2 rings (SSSR count). The highest BCUT2D eigenvalue weighted by molar-refractivity contribution is 7.80. The van der Waals surface area contributed by atoms with Gasteiger partial charge in [0.1, 0.15) is 0 Å². The van der Waals surface area contributed by atoms with E-state index in [9.17, 15) is 0 Å². The summed E-state index contributed by atoms with van der Waals surface area (Å²) >= 11 is 17.0. The molecule has 0 heterocycles. The highest BCUT2D eigenvalue weighted by Crippen LogP contribution is 2.22. The van der Waals surface area contributed by atoms with Crippen LogP contribution < -0.4 is 10.7 Å². The lowest BCUT2D eigenvalue weighted by Gasteiger charge is -2.10. The Morgan fingerprint density at radius 1 is 1.14 bits per heavy atom. The lowest BCUT2D eigenvalue weighted by atomic mass is 10.2. The number of anilines is 1. The molecule has 0 radical (unpaired) electrons. The zero-order valence-electron chi connectivity index (χ0n) is 11.2. The molecule has 0 aliphatic heterocycles. The van der Waals surface area contributed by atoms with Gasteiger partial charge >= 0.3 is 0 Å². The van der Waals surface area contributed by atoms with Crippen molar-refractivity contribution >= 4 is 52.4 Å². The number of rotatable bonds is 3. The van der Waals surface area contributed by atoms with Gasteiger partial charge in [-0.25, -0.2) is 0 Å². The molecule has 3 nitrogen and oxygen atoms in total. The topological polar surface area (TPSA) is 36.4 Å². The molecule has 2 aromatic carbocycles. The first kappa shape index (κ1) is 15.8. The van der Waals surface area contributed by atoms with E-state index in [0.717, 1.165) is 16.8 Å². The van der Waals surface area contributed by atoms with Gasteiger partial charge in [-0.1, -0.05) is 41.4 Å². The Morgan fingerprint density at radius 2 is 1.86 bits per heavy atom. The van der Waals surface area contributed by atoms with Crippen LogP contribution in [0.1, 0.15) is 11.1 Å². The van der Waals surface area contributed by atoms with E-state index in [1.165, 1.54) is 0 Å². The van der Waals surface area contributed by atoms with Gasteiger partial charge in [0.05, 0.1) is 6.21 Å². The molecular formula is C15H13Cl2N3S. The van der Waals surface area contributed by atoms with E-state index < -0.39 is 0 Å². The van der Waals surface area contributed by atoms with Gasteiger partial charge in [0.15, 0.2) is 5.11 Å². The lowest BCUT2D eigenvalue weighted by molar-refractivity contribution is 1.05. The molecule has 0 amide bonds. The fraction of sp³-hybridized carbons (Fsp3) is 0.0667. The van der Waals surface area contributed by atoms with Crippen LogP contribution in [0.15, 0.2) is 47.6 Å². The first-order chi connectivity index (χ1) is 10.1. The minimum Gasteiger partial charge on any atom is -0.331 e. The van der Waals surface area contributed by atoms with Gasteiger partial charge in [-0.15, -0.1) is 0 Å². The van der Waals surface area contributed by atoms with Crippen molar-refractivity contribution in [1.29, 1.82) is 0 Å². The average molecular weight is 338 g/mol. The number of halogens is 2. The highest BCUT2D eigenvalue weighted by Gasteiger charge is 2.03. The van der Waals surface area contributed by atoms with E-state index >= 15 is 0 Å². The second kappa shape index (κ2) is 7.41. The van der Waals surface area contributed by atoms with E-state index in [1.807, 2.05) is 37.3 Å². The molecule has 2 N–H and O–H groups in total. The van der Waals surface area contributed by atoms with Crippen molar-refractivity contribution in [3.05, 3.63) is 63.6 Å². The smallest absolute Gasteiger partial charge is 0.191 e. The van der Waals surface area contributed by atoms with Crippen LogP contribution >= 0.6 is 35.4 Å². The van der Waals surface area contributed by atoms with Crippen LogP contribution in [0.3, 0.4) is 0 Å².